The van der Waals surface area contributed by atoms with Crippen LogP contribution in [0.15, 0.2) is 36.9 Å². The van der Waals surface area contributed by atoms with E-state index in [-0.39, 0.29) is 5.91 Å². The normalized spacial score (nSPS) is 18.7. The molecule has 2 heterocycles. The highest BCUT2D eigenvalue weighted by Gasteiger charge is 2.31. The molecule has 1 amide bonds. The molecule has 30 heavy (non-hydrogen) atoms. The summed E-state index contributed by atoms with van der Waals surface area (Å²) in [5, 5.41) is 8.36. The average Bonchev–Trinajstić information content (AvgIpc) is 3.16. The van der Waals surface area contributed by atoms with Crippen molar-refractivity contribution in [1.82, 2.24) is 20.0 Å². The number of aromatic nitrogens is 2. The van der Waals surface area contributed by atoms with Gasteiger partial charge in [-0.15, -0.1) is 6.58 Å². The van der Waals surface area contributed by atoms with Gasteiger partial charge in [-0.3, -0.25) is 9.48 Å². The van der Waals surface area contributed by atoms with Gasteiger partial charge >= 0.3 is 0 Å². The molecule has 0 spiro atoms. The lowest BCUT2D eigenvalue weighted by Gasteiger charge is -2.28. The average molecular weight is 411 g/mol. The Balaban J connectivity index is 1.52. The second-order valence-corrected chi connectivity index (χ2v) is 7.78. The Morgan fingerprint density at radius 2 is 2.17 bits per heavy atom. The maximum Gasteiger partial charge on any atom is 0.274 e. The standard InChI is InChI=1S/C23H30N4O3/c1-3-10-27-20-9-8-18(24-16-17-6-4-5-7-21(17)29-2)15-19(20)22(25-27)23(28)26-11-13-30-14-12-26/h3-7,18,24H,1,8-16H2,2H3/t18-/m1/s1. The summed E-state index contributed by atoms with van der Waals surface area (Å²) in [6.07, 6.45) is 4.54. The smallest absolute Gasteiger partial charge is 0.274 e. The third kappa shape index (κ3) is 4.27. The predicted molar refractivity (Wildman–Crippen MR) is 115 cm³/mol. The minimum Gasteiger partial charge on any atom is -0.496 e. The summed E-state index contributed by atoms with van der Waals surface area (Å²) in [4.78, 5) is 15.0. The molecule has 0 saturated carbocycles. The molecule has 1 aromatic heterocycles. The number of rotatable bonds is 7. The Hall–Kier alpha value is -2.64. The van der Waals surface area contributed by atoms with Crippen molar-refractivity contribution in [2.75, 3.05) is 33.4 Å². The number of carbonyl (C=O) groups is 1. The van der Waals surface area contributed by atoms with Gasteiger partial charge in [0.25, 0.3) is 5.91 Å². The topological polar surface area (TPSA) is 68.6 Å². The van der Waals surface area contributed by atoms with E-state index >= 15 is 0 Å². The van der Waals surface area contributed by atoms with Gasteiger partial charge < -0.3 is 19.7 Å². The first-order chi connectivity index (χ1) is 14.7. The second kappa shape index (κ2) is 9.45. The van der Waals surface area contributed by atoms with Crippen molar-refractivity contribution in [2.24, 2.45) is 0 Å². The van der Waals surface area contributed by atoms with E-state index in [0.29, 0.717) is 44.6 Å². The van der Waals surface area contributed by atoms with E-state index < -0.39 is 0 Å². The number of nitrogens with one attached hydrogen (secondary N) is 1. The number of hydrogen-bond donors (Lipinski definition) is 1. The Kier molecular flexibility index (Phi) is 6.50. The molecule has 0 bridgehead atoms. The van der Waals surface area contributed by atoms with Gasteiger partial charge in [-0.25, -0.2) is 0 Å². The molecule has 1 aliphatic carbocycles. The van der Waals surface area contributed by atoms with E-state index in [4.69, 9.17) is 14.6 Å². The van der Waals surface area contributed by atoms with E-state index in [0.717, 1.165) is 42.7 Å². The van der Waals surface area contributed by atoms with Crippen LogP contribution in [0.3, 0.4) is 0 Å². The summed E-state index contributed by atoms with van der Waals surface area (Å²) >= 11 is 0. The van der Waals surface area contributed by atoms with Crippen LogP contribution in [0.5, 0.6) is 5.75 Å². The van der Waals surface area contributed by atoms with Crippen LogP contribution in [0.4, 0.5) is 0 Å². The van der Waals surface area contributed by atoms with Crippen LogP contribution >= 0.6 is 0 Å². The van der Waals surface area contributed by atoms with Gasteiger partial charge in [0.15, 0.2) is 5.69 Å². The Labute approximate surface area is 177 Å². The number of hydrogen-bond acceptors (Lipinski definition) is 5. The molecule has 7 heteroatoms. The fraction of sp³-hybridized carbons (Fsp3) is 0.478. The highest BCUT2D eigenvalue weighted by Crippen LogP contribution is 2.27. The minimum absolute atomic E-state index is 0.0164. The molecule has 0 unspecified atom stereocenters. The van der Waals surface area contributed by atoms with Crippen LogP contribution in [0.1, 0.15) is 33.7 Å². The van der Waals surface area contributed by atoms with E-state index in [1.54, 1.807) is 7.11 Å². The summed E-state index contributed by atoms with van der Waals surface area (Å²) in [5.74, 6) is 0.909. The van der Waals surface area contributed by atoms with Crippen molar-refractivity contribution in [3.05, 3.63) is 59.4 Å². The SMILES string of the molecule is C=CCn1nc(C(=O)N2CCOCC2)c2c1CC[C@@H](NCc1ccccc1OC)C2. The maximum atomic E-state index is 13.2. The lowest BCUT2D eigenvalue weighted by Crippen LogP contribution is -2.41. The fourth-order valence-corrected chi connectivity index (χ4v) is 4.33. The summed E-state index contributed by atoms with van der Waals surface area (Å²) in [7, 11) is 1.70. The third-order valence-corrected chi connectivity index (χ3v) is 5.92. The van der Waals surface area contributed by atoms with Gasteiger partial charge in [0.2, 0.25) is 0 Å². The number of benzene rings is 1. The van der Waals surface area contributed by atoms with E-state index in [1.165, 1.54) is 5.69 Å². The van der Waals surface area contributed by atoms with Gasteiger partial charge in [0, 0.05) is 42.5 Å². The number of allylic oxidation sites excluding steroid dienone is 1. The Morgan fingerprint density at radius 3 is 2.93 bits per heavy atom. The molecular formula is C23H30N4O3. The Bertz CT molecular complexity index is 902. The van der Waals surface area contributed by atoms with Crippen LogP contribution in [-0.4, -0.2) is 60.0 Å². The summed E-state index contributed by atoms with van der Waals surface area (Å²) in [6, 6.07) is 8.35. The number of para-hydroxylation sites is 1. The van der Waals surface area contributed by atoms with Crippen molar-refractivity contribution < 1.29 is 14.3 Å². The van der Waals surface area contributed by atoms with Gasteiger partial charge in [-0.2, -0.15) is 5.10 Å². The number of ether oxygens (including phenoxy) is 2. The molecular weight excluding hydrogens is 380 g/mol. The van der Waals surface area contributed by atoms with Gasteiger partial charge in [-0.1, -0.05) is 24.3 Å². The summed E-state index contributed by atoms with van der Waals surface area (Å²) in [5.41, 5.74) is 3.98. The molecule has 1 saturated heterocycles. The zero-order chi connectivity index (χ0) is 20.9. The van der Waals surface area contributed by atoms with Crippen LogP contribution in [0, 0.1) is 0 Å². The van der Waals surface area contributed by atoms with Crippen molar-refractivity contribution in [3.63, 3.8) is 0 Å². The molecule has 0 radical (unpaired) electrons. The summed E-state index contributed by atoms with van der Waals surface area (Å²) < 4.78 is 12.8. The van der Waals surface area contributed by atoms with Gasteiger partial charge in [0.05, 0.1) is 26.9 Å². The largest absolute Gasteiger partial charge is 0.496 e. The molecule has 1 aliphatic heterocycles. The molecule has 2 aliphatic rings. The predicted octanol–water partition coefficient (Wildman–Crippen LogP) is 2.20. The maximum absolute atomic E-state index is 13.2. The molecule has 1 atom stereocenters. The lowest BCUT2D eigenvalue weighted by atomic mass is 9.90. The number of nitrogens with zero attached hydrogens (tertiary/aromatic N) is 3. The molecule has 160 valence electrons. The zero-order valence-corrected chi connectivity index (χ0v) is 17.6. The fourth-order valence-electron chi connectivity index (χ4n) is 4.33. The zero-order valence-electron chi connectivity index (χ0n) is 17.6. The van der Waals surface area contributed by atoms with E-state index in [2.05, 4.69) is 18.0 Å². The lowest BCUT2D eigenvalue weighted by molar-refractivity contribution is 0.0297. The number of morpholine rings is 1. The number of methoxy groups -OCH3 is 1. The third-order valence-electron chi connectivity index (χ3n) is 5.92. The monoisotopic (exact) mass is 410 g/mol. The van der Waals surface area contributed by atoms with Crippen molar-refractivity contribution >= 4 is 5.91 Å². The molecule has 1 N–H and O–H groups in total. The van der Waals surface area contributed by atoms with Crippen LogP contribution < -0.4 is 10.1 Å². The van der Waals surface area contributed by atoms with Crippen molar-refractivity contribution in [2.45, 2.75) is 38.4 Å². The number of carbonyl (C=O) groups excluding carboxylic acids is 1. The Morgan fingerprint density at radius 1 is 1.37 bits per heavy atom. The number of amides is 1. The molecule has 1 aromatic carbocycles. The van der Waals surface area contributed by atoms with E-state index in [9.17, 15) is 4.79 Å². The first-order valence-electron chi connectivity index (χ1n) is 10.6. The first-order valence-corrected chi connectivity index (χ1v) is 10.6. The highest BCUT2D eigenvalue weighted by molar-refractivity contribution is 5.94. The van der Waals surface area contributed by atoms with Crippen LogP contribution in [0.25, 0.3) is 0 Å². The molecule has 2 aromatic rings. The molecule has 4 rings (SSSR count). The van der Waals surface area contributed by atoms with Gasteiger partial charge in [-0.05, 0) is 25.3 Å². The van der Waals surface area contributed by atoms with Crippen molar-refractivity contribution in [1.29, 1.82) is 0 Å². The van der Waals surface area contributed by atoms with Crippen LogP contribution in [0.2, 0.25) is 0 Å². The highest BCUT2D eigenvalue weighted by atomic mass is 16.5. The molecule has 7 nitrogen and oxygen atoms in total. The van der Waals surface area contributed by atoms with Crippen LogP contribution in [-0.2, 0) is 30.7 Å². The van der Waals surface area contributed by atoms with Crippen molar-refractivity contribution in [3.8, 4) is 5.75 Å². The summed E-state index contributed by atoms with van der Waals surface area (Å²) in [6.45, 7) is 7.62. The van der Waals surface area contributed by atoms with E-state index in [1.807, 2.05) is 33.9 Å². The first kappa shape index (κ1) is 20.6. The quantitative estimate of drug-likeness (QED) is 0.709. The molecule has 1 fully saturated rings. The second-order valence-electron chi connectivity index (χ2n) is 7.78. The van der Waals surface area contributed by atoms with Gasteiger partial charge in [0.1, 0.15) is 5.75 Å². The minimum atomic E-state index is 0.0164. The number of fused-ring (bicyclic) bond motifs is 1.